The van der Waals surface area contributed by atoms with E-state index >= 15 is 0 Å². The first-order valence-electron chi connectivity index (χ1n) is 2.62. The smallest absolute Gasteiger partial charge is 0.324 e. The van der Waals surface area contributed by atoms with E-state index < -0.39 is 11.4 Å². The van der Waals surface area contributed by atoms with Crippen molar-refractivity contribution in [3.8, 4) is 0 Å². The fraction of sp³-hybridized carbons (Fsp3) is 0.250. The van der Waals surface area contributed by atoms with Crippen molar-refractivity contribution < 1.29 is 0 Å². The van der Waals surface area contributed by atoms with Crippen LogP contribution in [0.5, 0.6) is 0 Å². The number of nitrogens with two attached hydrogens (primary N) is 1. The number of hydrogen-bond acceptors (Lipinski definition) is 4. The molecule has 0 aliphatic rings. The SMILES string of the molecule is Cl.NCc1nc(=O)[nH]c(=O)[nH]1. The Bertz CT molecular complexity index is 301. The lowest BCUT2D eigenvalue weighted by atomic mass is 10.6. The predicted molar refractivity (Wildman–Crippen MR) is 40.6 cm³/mol. The molecule has 0 saturated carbocycles. The van der Waals surface area contributed by atoms with E-state index in [-0.39, 0.29) is 24.8 Å². The Morgan fingerprint density at radius 3 is 2.45 bits per heavy atom. The van der Waals surface area contributed by atoms with Gasteiger partial charge in [-0.2, -0.15) is 4.98 Å². The summed E-state index contributed by atoms with van der Waals surface area (Å²) in [6, 6.07) is 0. The van der Waals surface area contributed by atoms with Crippen LogP contribution in [0, 0.1) is 0 Å². The highest BCUT2D eigenvalue weighted by Crippen LogP contribution is 1.70. The molecule has 4 N–H and O–H groups in total. The van der Waals surface area contributed by atoms with E-state index in [0.717, 1.165) is 0 Å². The van der Waals surface area contributed by atoms with Gasteiger partial charge in [0.2, 0.25) is 0 Å². The van der Waals surface area contributed by atoms with Gasteiger partial charge in [-0.15, -0.1) is 12.4 Å². The third-order valence-corrected chi connectivity index (χ3v) is 0.908. The number of halogens is 1. The summed E-state index contributed by atoms with van der Waals surface area (Å²) >= 11 is 0. The summed E-state index contributed by atoms with van der Waals surface area (Å²) in [5.74, 6) is 0.189. The molecular weight excluding hydrogens is 172 g/mol. The molecule has 0 spiro atoms. The third-order valence-electron chi connectivity index (χ3n) is 0.908. The molecule has 1 rings (SSSR count). The maximum absolute atomic E-state index is 10.5. The van der Waals surface area contributed by atoms with E-state index in [9.17, 15) is 9.59 Å². The van der Waals surface area contributed by atoms with Crippen LogP contribution in [0.1, 0.15) is 5.82 Å². The molecule has 0 aromatic carbocycles. The van der Waals surface area contributed by atoms with E-state index in [1.165, 1.54) is 0 Å². The van der Waals surface area contributed by atoms with Crippen molar-refractivity contribution in [3.05, 3.63) is 26.8 Å². The van der Waals surface area contributed by atoms with E-state index in [4.69, 9.17) is 5.73 Å². The van der Waals surface area contributed by atoms with Crippen molar-refractivity contribution in [2.24, 2.45) is 5.73 Å². The van der Waals surface area contributed by atoms with Gasteiger partial charge in [0.25, 0.3) is 0 Å². The Labute approximate surface area is 67.3 Å². The van der Waals surface area contributed by atoms with Crippen LogP contribution in [-0.2, 0) is 6.54 Å². The van der Waals surface area contributed by atoms with Gasteiger partial charge in [-0.1, -0.05) is 0 Å². The van der Waals surface area contributed by atoms with E-state index in [0.29, 0.717) is 0 Å². The predicted octanol–water partition coefficient (Wildman–Crippen LogP) is -1.66. The summed E-state index contributed by atoms with van der Waals surface area (Å²) in [6.45, 7) is 0.0547. The molecule has 0 fully saturated rings. The first-order chi connectivity index (χ1) is 4.72. The molecule has 6 nitrogen and oxygen atoms in total. The van der Waals surface area contributed by atoms with Crippen LogP contribution in [0.3, 0.4) is 0 Å². The van der Waals surface area contributed by atoms with Crippen LogP contribution in [0.25, 0.3) is 0 Å². The van der Waals surface area contributed by atoms with Gasteiger partial charge in [0.05, 0.1) is 6.54 Å². The van der Waals surface area contributed by atoms with Gasteiger partial charge < -0.3 is 5.73 Å². The first-order valence-corrected chi connectivity index (χ1v) is 2.62. The molecule has 1 aromatic heterocycles. The standard InChI is InChI=1S/C4H6N4O2.ClH/c5-1-2-6-3(9)8-4(10)7-2;/h1,5H2,(H2,6,7,8,9,10);1H. The Morgan fingerprint density at radius 1 is 1.36 bits per heavy atom. The minimum absolute atomic E-state index is 0. The van der Waals surface area contributed by atoms with Gasteiger partial charge in [0, 0.05) is 0 Å². The highest BCUT2D eigenvalue weighted by molar-refractivity contribution is 5.85. The second-order valence-corrected chi connectivity index (χ2v) is 1.65. The molecule has 0 bridgehead atoms. The number of rotatable bonds is 1. The fourth-order valence-electron chi connectivity index (χ4n) is 0.535. The highest BCUT2D eigenvalue weighted by atomic mass is 35.5. The van der Waals surface area contributed by atoms with Gasteiger partial charge in [-0.3, -0.25) is 9.97 Å². The minimum atomic E-state index is -0.677. The van der Waals surface area contributed by atoms with Crippen molar-refractivity contribution in [1.29, 1.82) is 0 Å². The topological polar surface area (TPSA) is 105 Å². The van der Waals surface area contributed by atoms with Crippen molar-refractivity contribution in [1.82, 2.24) is 15.0 Å². The Morgan fingerprint density at radius 2 is 2.00 bits per heavy atom. The lowest BCUT2D eigenvalue weighted by Crippen LogP contribution is -2.27. The Hall–Kier alpha value is -1.14. The largest absolute Gasteiger partial charge is 0.350 e. The fourth-order valence-corrected chi connectivity index (χ4v) is 0.535. The first kappa shape index (κ1) is 9.86. The van der Waals surface area contributed by atoms with Crippen molar-refractivity contribution in [3.63, 3.8) is 0 Å². The lowest BCUT2D eigenvalue weighted by molar-refractivity contribution is 0.819. The molecule has 1 aromatic rings. The summed E-state index contributed by atoms with van der Waals surface area (Å²) < 4.78 is 0. The zero-order valence-electron chi connectivity index (χ0n) is 5.46. The van der Waals surface area contributed by atoms with Crippen molar-refractivity contribution >= 4 is 12.4 Å². The van der Waals surface area contributed by atoms with Gasteiger partial charge in [0.1, 0.15) is 5.82 Å². The van der Waals surface area contributed by atoms with Crippen molar-refractivity contribution in [2.75, 3.05) is 0 Å². The summed E-state index contributed by atoms with van der Waals surface area (Å²) in [5, 5.41) is 0. The Kier molecular flexibility index (Phi) is 3.49. The monoisotopic (exact) mass is 178 g/mol. The van der Waals surface area contributed by atoms with Gasteiger partial charge in [-0.25, -0.2) is 9.59 Å². The summed E-state index contributed by atoms with van der Waals surface area (Å²) in [7, 11) is 0. The number of aromatic nitrogens is 3. The van der Waals surface area contributed by atoms with Crippen LogP contribution < -0.4 is 17.1 Å². The quantitative estimate of drug-likeness (QED) is 0.479. The number of hydrogen-bond donors (Lipinski definition) is 3. The van der Waals surface area contributed by atoms with Crippen LogP contribution in [-0.4, -0.2) is 15.0 Å². The number of nitrogens with one attached hydrogen (secondary N) is 2. The van der Waals surface area contributed by atoms with E-state index in [2.05, 4.69) is 9.97 Å². The second kappa shape index (κ2) is 3.89. The average molecular weight is 179 g/mol. The molecule has 0 aliphatic carbocycles. The lowest BCUT2D eigenvalue weighted by Gasteiger charge is -1.89. The zero-order chi connectivity index (χ0) is 7.56. The number of H-pyrrole nitrogens is 2. The molecule has 1 heterocycles. The Balaban J connectivity index is 0.000001000. The maximum Gasteiger partial charge on any atom is 0.350 e. The van der Waals surface area contributed by atoms with Crippen LogP contribution in [0.4, 0.5) is 0 Å². The summed E-state index contributed by atoms with van der Waals surface area (Å²) in [4.78, 5) is 28.4. The third kappa shape index (κ3) is 2.52. The van der Waals surface area contributed by atoms with Crippen LogP contribution in [0.15, 0.2) is 9.59 Å². The van der Waals surface area contributed by atoms with Gasteiger partial charge in [0.15, 0.2) is 0 Å². The molecule has 62 valence electrons. The molecule has 0 unspecified atom stereocenters. The average Bonchev–Trinajstić information content (AvgIpc) is 1.85. The van der Waals surface area contributed by atoms with E-state index in [1.807, 2.05) is 4.98 Å². The molecule has 0 aliphatic heterocycles. The summed E-state index contributed by atoms with van der Waals surface area (Å²) in [5.41, 5.74) is 3.84. The molecule has 0 amide bonds. The zero-order valence-corrected chi connectivity index (χ0v) is 6.27. The highest BCUT2D eigenvalue weighted by Gasteiger charge is 1.92. The molecule has 0 radical (unpaired) electrons. The number of nitrogens with zero attached hydrogens (tertiary/aromatic N) is 1. The molecule has 11 heavy (non-hydrogen) atoms. The maximum atomic E-state index is 10.5. The van der Waals surface area contributed by atoms with Crippen molar-refractivity contribution in [2.45, 2.75) is 6.54 Å². The number of aromatic amines is 2. The molecular formula is C4H7ClN4O2. The molecule has 0 saturated heterocycles. The minimum Gasteiger partial charge on any atom is -0.324 e. The second-order valence-electron chi connectivity index (χ2n) is 1.65. The van der Waals surface area contributed by atoms with Crippen LogP contribution >= 0.6 is 12.4 Å². The normalized spacial score (nSPS) is 8.82. The van der Waals surface area contributed by atoms with Gasteiger partial charge >= 0.3 is 11.4 Å². The molecule has 0 atom stereocenters. The van der Waals surface area contributed by atoms with E-state index in [1.54, 1.807) is 0 Å². The van der Waals surface area contributed by atoms with Crippen LogP contribution in [0.2, 0.25) is 0 Å². The van der Waals surface area contributed by atoms with Gasteiger partial charge in [-0.05, 0) is 0 Å². The summed E-state index contributed by atoms with van der Waals surface area (Å²) in [6.07, 6.45) is 0. The molecule has 7 heteroatoms.